The first-order valence-corrected chi connectivity index (χ1v) is 11.4. The van der Waals surface area contributed by atoms with E-state index in [0.717, 1.165) is 42.4 Å². The minimum Gasteiger partial charge on any atom is -0.506 e. The Morgan fingerprint density at radius 3 is 2.67 bits per heavy atom. The lowest BCUT2D eigenvalue weighted by molar-refractivity contribution is 0.355. The molecule has 0 spiro atoms. The maximum atomic E-state index is 13.3. The van der Waals surface area contributed by atoms with E-state index in [0.29, 0.717) is 43.8 Å². The molecule has 0 unspecified atom stereocenters. The van der Waals surface area contributed by atoms with Gasteiger partial charge in [0.2, 0.25) is 0 Å². The van der Waals surface area contributed by atoms with Gasteiger partial charge >= 0.3 is 0 Å². The van der Waals surface area contributed by atoms with Crippen LogP contribution < -0.4 is 15.0 Å². The van der Waals surface area contributed by atoms with E-state index in [1.54, 1.807) is 25.1 Å². The maximum Gasteiger partial charge on any atom is 0.282 e. The number of furan rings is 1. The molecule has 9 heteroatoms. The number of benzene rings is 2. The predicted molar refractivity (Wildman–Crippen MR) is 129 cm³/mol. The van der Waals surface area contributed by atoms with Crippen LogP contribution in [0.1, 0.15) is 35.6 Å². The second kappa shape index (κ2) is 8.22. The number of hydrogen-bond donors (Lipinski definition) is 1. The highest BCUT2D eigenvalue weighted by molar-refractivity contribution is 9.10. The van der Waals surface area contributed by atoms with Gasteiger partial charge in [-0.05, 0) is 54.2 Å². The van der Waals surface area contributed by atoms with Crippen LogP contribution in [-0.2, 0) is 12.8 Å². The molecule has 2 aromatic heterocycles. The molecule has 4 aromatic rings. The normalized spacial score (nSPS) is 13.7. The highest BCUT2D eigenvalue weighted by Crippen LogP contribution is 2.40. The molecular formula is C24H22BrN3O5. The number of aromatic nitrogens is 2. The van der Waals surface area contributed by atoms with Gasteiger partial charge in [0, 0.05) is 29.0 Å². The molecular weight excluding hydrogens is 490 g/mol. The average Bonchev–Trinajstić information content (AvgIpc) is 3.18. The van der Waals surface area contributed by atoms with Gasteiger partial charge in [-0.25, -0.2) is 4.98 Å². The van der Waals surface area contributed by atoms with Crippen LogP contribution in [0.4, 0.5) is 0 Å². The van der Waals surface area contributed by atoms with Gasteiger partial charge in [0.1, 0.15) is 22.9 Å². The largest absolute Gasteiger partial charge is 0.506 e. The predicted octanol–water partition coefficient (Wildman–Crippen LogP) is 4.70. The van der Waals surface area contributed by atoms with E-state index in [9.17, 15) is 9.90 Å². The van der Waals surface area contributed by atoms with E-state index in [-0.39, 0.29) is 11.3 Å². The first-order chi connectivity index (χ1) is 15.9. The van der Waals surface area contributed by atoms with Gasteiger partial charge in [-0.2, -0.15) is 9.78 Å². The van der Waals surface area contributed by atoms with Crippen molar-refractivity contribution in [1.82, 2.24) is 9.66 Å². The van der Waals surface area contributed by atoms with Crippen LogP contribution in [0.25, 0.3) is 21.9 Å². The number of ether oxygens (including phenoxy) is 2. The lowest BCUT2D eigenvalue weighted by Crippen LogP contribution is -2.21. The summed E-state index contributed by atoms with van der Waals surface area (Å²) < 4.78 is 18.4. The smallest absolute Gasteiger partial charge is 0.282 e. The highest BCUT2D eigenvalue weighted by atomic mass is 79.9. The van der Waals surface area contributed by atoms with Crippen LogP contribution in [0, 0.1) is 6.92 Å². The fourth-order valence-electron chi connectivity index (χ4n) is 4.41. The SMILES string of the molecule is COc1cc2nc(C)n(N=Cc3c(O)c(Br)cc4oc5c(c34)CCCC5)c(=O)c2cc1OC. The van der Waals surface area contributed by atoms with Crippen LogP contribution >= 0.6 is 15.9 Å². The molecule has 2 heterocycles. The Bertz CT molecular complexity index is 1500. The summed E-state index contributed by atoms with van der Waals surface area (Å²) in [7, 11) is 3.04. The second-order valence-corrected chi connectivity index (χ2v) is 8.80. The third-order valence-corrected chi connectivity index (χ3v) is 6.63. The lowest BCUT2D eigenvalue weighted by Gasteiger charge is -2.11. The van der Waals surface area contributed by atoms with Gasteiger partial charge in [-0.15, -0.1) is 0 Å². The van der Waals surface area contributed by atoms with E-state index >= 15 is 0 Å². The lowest BCUT2D eigenvalue weighted by atomic mass is 9.94. The molecule has 33 heavy (non-hydrogen) atoms. The molecule has 0 fully saturated rings. The summed E-state index contributed by atoms with van der Waals surface area (Å²) >= 11 is 3.40. The molecule has 170 valence electrons. The van der Waals surface area contributed by atoms with Crippen molar-refractivity contribution in [1.29, 1.82) is 0 Å². The van der Waals surface area contributed by atoms with Crippen molar-refractivity contribution in [2.75, 3.05) is 14.2 Å². The number of aromatic hydroxyl groups is 1. The zero-order valence-corrected chi connectivity index (χ0v) is 20.0. The van der Waals surface area contributed by atoms with Gasteiger partial charge in [-0.1, -0.05) is 0 Å². The number of fused-ring (bicyclic) bond motifs is 4. The molecule has 1 N–H and O–H groups in total. The highest BCUT2D eigenvalue weighted by Gasteiger charge is 2.23. The third kappa shape index (κ3) is 3.47. The fourth-order valence-corrected chi connectivity index (χ4v) is 4.83. The Labute approximate surface area is 197 Å². The molecule has 8 nitrogen and oxygen atoms in total. The van der Waals surface area contributed by atoms with Crippen LogP contribution in [0.3, 0.4) is 0 Å². The summed E-state index contributed by atoms with van der Waals surface area (Å²) in [6.45, 7) is 1.70. The first kappa shape index (κ1) is 21.5. The molecule has 0 radical (unpaired) electrons. The fraction of sp³-hybridized carbons (Fsp3) is 0.292. The minimum absolute atomic E-state index is 0.0475. The zero-order valence-electron chi connectivity index (χ0n) is 18.4. The van der Waals surface area contributed by atoms with Crippen molar-refractivity contribution in [3.63, 3.8) is 0 Å². The monoisotopic (exact) mass is 511 g/mol. The number of hydrogen-bond acceptors (Lipinski definition) is 7. The van der Waals surface area contributed by atoms with Crippen LogP contribution in [0.15, 0.2) is 37.0 Å². The number of halogens is 1. The maximum absolute atomic E-state index is 13.3. The molecule has 0 amide bonds. The number of phenols is 1. The van der Waals surface area contributed by atoms with Crippen LogP contribution in [0.2, 0.25) is 0 Å². The number of rotatable bonds is 4. The number of nitrogens with zero attached hydrogens (tertiary/aromatic N) is 3. The topological polar surface area (TPSA) is 99.1 Å². The van der Waals surface area contributed by atoms with Gasteiger partial charge in [0.15, 0.2) is 11.5 Å². The summed E-state index contributed by atoms with van der Waals surface area (Å²) in [5.41, 5.74) is 2.42. The average molecular weight is 512 g/mol. The number of aryl methyl sites for hydroxylation is 3. The molecule has 0 saturated carbocycles. The second-order valence-electron chi connectivity index (χ2n) is 7.95. The minimum atomic E-state index is -0.352. The Hall–Kier alpha value is -3.33. The van der Waals surface area contributed by atoms with E-state index in [4.69, 9.17) is 13.9 Å². The van der Waals surface area contributed by atoms with Gasteiger partial charge in [-0.3, -0.25) is 4.79 Å². The van der Waals surface area contributed by atoms with Gasteiger partial charge < -0.3 is 19.0 Å². The quantitative estimate of drug-likeness (QED) is 0.398. The Morgan fingerprint density at radius 2 is 1.91 bits per heavy atom. The summed E-state index contributed by atoms with van der Waals surface area (Å²) in [6.07, 6.45) is 5.39. The van der Waals surface area contributed by atoms with E-state index in [2.05, 4.69) is 26.0 Å². The molecule has 2 aromatic carbocycles. The molecule has 0 saturated heterocycles. The van der Waals surface area contributed by atoms with Gasteiger partial charge in [0.05, 0.1) is 35.8 Å². The molecule has 1 aliphatic carbocycles. The standard InChI is InChI=1S/C24H22BrN3O5/c1-12-27-17-10-20(32-3)19(31-2)8-14(17)24(30)28(12)26-11-15-22-13-6-4-5-7-18(13)33-21(22)9-16(25)23(15)29/h8-11,29H,4-7H2,1-3H3. The Balaban J connectivity index is 1.70. The van der Waals surface area contributed by atoms with Crippen molar-refractivity contribution >= 4 is 44.0 Å². The van der Waals surface area contributed by atoms with Crippen LogP contribution in [0.5, 0.6) is 17.2 Å². The molecule has 1 aliphatic rings. The summed E-state index contributed by atoms with van der Waals surface area (Å²) in [6, 6.07) is 5.03. The first-order valence-electron chi connectivity index (χ1n) is 10.6. The Kier molecular flexibility index (Phi) is 5.36. The zero-order chi connectivity index (χ0) is 23.3. The third-order valence-electron chi connectivity index (χ3n) is 6.02. The van der Waals surface area contributed by atoms with E-state index in [1.807, 2.05) is 0 Å². The summed E-state index contributed by atoms with van der Waals surface area (Å²) in [5.74, 6) is 2.32. The summed E-state index contributed by atoms with van der Waals surface area (Å²) in [5, 5.41) is 16.4. The number of phenolic OH excluding ortho intramolecular Hbond substituents is 1. The van der Waals surface area contributed by atoms with E-state index in [1.165, 1.54) is 25.1 Å². The molecule has 0 aliphatic heterocycles. The van der Waals surface area contributed by atoms with Crippen molar-refractivity contribution in [2.24, 2.45) is 5.10 Å². The molecule has 0 atom stereocenters. The van der Waals surface area contributed by atoms with Crippen molar-refractivity contribution in [2.45, 2.75) is 32.6 Å². The van der Waals surface area contributed by atoms with E-state index < -0.39 is 0 Å². The van der Waals surface area contributed by atoms with Crippen molar-refractivity contribution < 1.29 is 19.0 Å². The molecule has 0 bridgehead atoms. The Morgan fingerprint density at radius 1 is 1.18 bits per heavy atom. The summed E-state index contributed by atoms with van der Waals surface area (Å²) in [4.78, 5) is 17.8. The number of methoxy groups -OCH3 is 2. The van der Waals surface area contributed by atoms with Crippen LogP contribution in [-0.4, -0.2) is 35.2 Å². The van der Waals surface area contributed by atoms with Crippen molar-refractivity contribution in [3.8, 4) is 17.2 Å². The van der Waals surface area contributed by atoms with Gasteiger partial charge in [0.25, 0.3) is 5.56 Å². The van der Waals surface area contributed by atoms with Crippen molar-refractivity contribution in [3.05, 3.63) is 55.7 Å². The molecule has 5 rings (SSSR count).